The molecule has 0 radical (unpaired) electrons. The second kappa shape index (κ2) is 7.21. The van der Waals surface area contributed by atoms with Gasteiger partial charge < -0.3 is 0 Å². The van der Waals surface area contributed by atoms with Crippen LogP contribution in [0.1, 0.15) is 29.9 Å². The molecule has 0 amide bonds. The summed E-state index contributed by atoms with van der Waals surface area (Å²) in [5, 5.41) is 0.436. The molecule has 0 bridgehead atoms. The van der Waals surface area contributed by atoms with Crippen molar-refractivity contribution in [3.8, 4) is 0 Å². The lowest BCUT2D eigenvalue weighted by molar-refractivity contribution is -0.138. The van der Waals surface area contributed by atoms with Crippen LogP contribution in [0.25, 0.3) is 0 Å². The van der Waals surface area contributed by atoms with Gasteiger partial charge in [0.2, 0.25) is 10.0 Å². The molecule has 1 aliphatic rings. The van der Waals surface area contributed by atoms with E-state index in [9.17, 15) is 21.6 Å². The third-order valence-electron chi connectivity index (χ3n) is 4.61. The fourth-order valence-corrected chi connectivity index (χ4v) is 4.87. The van der Waals surface area contributed by atoms with Crippen molar-refractivity contribution in [1.82, 2.24) is 4.31 Å². The van der Waals surface area contributed by atoms with Crippen LogP contribution in [0.5, 0.6) is 0 Å². The van der Waals surface area contributed by atoms with Gasteiger partial charge in [0.1, 0.15) is 0 Å². The summed E-state index contributed by atoms with van der Waals surface area (Å²) in [5.74, 6) is -0.315. The Morgan fingerprint density at radius 3 is 2.12 bits per heavy atom. The van der Waals surface area contributed by atoms with Crippen molar-refractivity contribution in [2.45, 2.75) is 29.8 Å². The third kappa shape index (κ3) is 3.89. The van der Waals surface area contributed by atoms with E-state index in [0.29, 0.717) is 17.9 Å². The zero-order valence-corrected chi connectivity index (χ0v) is 15.3. The molecule has 26 heavy (non-hydrogen) atoms. The lowest BCUT2D eigenvalue weighted by Crippen LogP contribution is -2.38. The summed E-state index contributed by atoms with van der Waals surface area (Å²) in [7, 11) is -3.67. The van der Waals surface area contributed by atoms with Gasteiger partial charge in [-0.2, -0.15) is 17.5 Å². The molecular formula is C18H17ClF3NO2S. The highest BCUT2D eigenvalue weighted by Gasteiger charge is 2.37. The topological polar surface area (TPSA) is 37.4 Å². The Morgan fingerprint density at radius 1 is 0.962 bits per heavy atom. The number of halogens is 4. The average Bonchev–Trinajstić information content (AvgIpc) is 2.61. The Hall–Kier alpha value is -1.57. The number of hydrogen-bond donors (Lipinski definition) is 0. The van der Waals surface area contributed by atoms with E-state index in [0.717, 1.165) is 6.07 Å². The maximum Gasteiger partial charge on any atom is 0.416 e. The van der Waals surface area contributed by atoms with Gasteiger partial charge >= 0.3 is 6.18 Å². The van der Waals surface area contributed by atoms with E-state index >= 15 is 0 Å². The fraction of sp³-hybridized carbons (Fsp3) is 0.333. The highest BCUT2D eigenvalue weighted by Crippen LogP contribution is 2.39. The number of piperidine rings is 1. The number of benzene rings is 2. The summed E-state index contributed by atoms with van der Waals surface area (Å²) in [5.41, 5.74) is -0.400. The Morgan fingerprint density at radius 2 is 1.54 bits per heavy atom. The van der Waals surface area contributed by atoms with Gasteiger partial charge in [0.05, 0.1) is 10.5 Å². The second-order valence-electron chi connectivity index (χ2n) is 6.22. The zero-order valence-electron chi connectivity index (χ0n) is 13.7. The van der Waals surface area contributed by atoms with Crippen LogP contribution in [0.4, 0.5) is 13.2 Å². The van der Waals surface area contributed by atoms with Crippen molar-refractivity contribution >= 4 is 21.6 Å². The van der Waals surface area contributed by atoms with E-state index < -0.39 is 21.8 Å². The van der Waals surface area contributed by atoms with E-state index in [1.807, 2.05) is 0 Å². The van der Waals surface area contributed by atoms with Crippen LogP contribution in [0.15, 0.2) is 53.4 Å². The largest absolute Gasteiger partial charge is 0.416 e. The fourth-order valence-electron chi connectivity index (χ4n) is 3.27. The first kappa shape index (κ1) is 19.2. The summed E-state index contributed by atoms with van der Waals surface area (Å²) in [4.78, 5) is 0.135. The number of alkyl halides is 3. The molecule has 2 aromatic rings. The summed E-state index contributed by atoms with van der Waals surface area (Å²) in [6, 6.07) is 11.4. The Labute approximate surface area is 155 Å². The van der Waals surface area contributed by atoms with E-state index in [2.05, 4.69) is 0 Å². The van der Waals surface area contributed by atoms with Crippen LogP contribution in [0.2, 0.25) is 5.02 Å². The number of sulfonamides is 1. The van der Waals surface area contributed by atoms with Gasteiger partial charge in [-0.25, -0.2) is 8.42 Å². The molecule has 2 aromatic carbocycles. The van der Waals surface area contributed by atoms with Crippen LogP contribution in [-0.2, 0) is 16.2 Å². The summed E-state index contributed by atoms with van der Waals surface area (Å²) < 4.78 is 66.3. The molecule has 1 heterocycles. The SMILES string of the molecule is O=S(=O)(c1ccc(Cl)cc1)N1CCC(c2ccccc2C(F)(F)F)CC1. The number of hydrogen-bond acceptors (Lipinski definition) is 2. The van der Waals surface area contributed by atoms with Gasteiger partial charge in [-0.15, -0.1) is 0 Å². The van der Waals surface area contributed by atoms with Crippen molar-refractivity contribution in [3.63, 3.8) is 0 Å². The molecule has 3 nitrogen and oxygen atoms in total. The van der Waals surface area contributed by atoms with Crippen molar-refractivity contribution in [2.24, 2.45) is 0 Å². The van der Waals surface area contributed by atoms with Gasteiger partial charge in [0.15, 0.2) is 0 Å². The molecule has 0 aliphatic carbocycles. The standard InChI is InChI=1S/C18H17ClF3NO2S/c19-14-5-7-15(8-6-14)26(24,25)23-11-9-13(10-12-23)16-3-1-2-4-17(16)18(20,21)22/h1-8,13H,9-12H2. The lowest BCUT2D eigenvalue weighted by atomic mass is 9.87. The minimum atomic E-state index is -4.41. The number of nitrogens with zero attached hydrogens (tertiary/aromatic N) is 1. The van der Waals surface area contributed by atoms with Crippen LogP contribution in [0, 0.1) is 0 Å². The molecule has 8 heteroatoms. The molecule has 1 aliphatic heterocycles. The maximum absolute atomic E-state index is 13.2. The van der Waals surface area contributed by atoms with Crippen LogP contribution in [0.3, 0.4) is 0 Å². The highest BCUT2D eigenvalue weighted by atomic mass is 35.5. The van der Waals surface area contributed by atoms with Gasteiger partial charge in [-0.1, -0.05) is 29.8 Å². The van der Waals surface area contributed by atoms with Crippen molar-refractivity contribution in [3.05, 3.63) is 64.7 Å². The maximum atomic E-state index is 13.2. The summed E-state index contributed by atoms with van der Waals surface area (Å²) >= 11 is 5.79. The Kier molecular flexibility index (Phi) is 5.33. The van der Waals surface area contributed by atoms with E-state index in [4.69, 9.17) is 11.6 Å². The Balaban J connectivity index is 1.77. The summed E-state index contributed by atoms with van der Waals surface area (Å²) in [6.45, 7) is 0.365. The average molecular weight is 404 g/mol. The van der Waals surface area contributed by atoms with Crippen molar-refractivity contribution in [2.75, 3.05) is 13.1 Å². The van der Waals surface area contributed by atoms with Crippen LogP contribution >= 0.6 is 11.6 Å². The second-order valence-corrected chi connectivity index (χ2v) is 8.59. The van der Waals surface area contributed by atoms with Crippen molar-refractivity contribution < 1.29 is 21.6 Å². The van der Waals surface area contributed by atoms with Gasteiger partial charge in [0.25, 0.3) is 0 Å². The van der Waals surface area contributed by atoms with Gasteiger partial charge in [-0.3, -0.25) is 0 Å². The molecular weight excluding hydrogens is 387 g/mol. The molecule has 1 saturated heterocycles. The molecule has 0 spiro atoms. The first-order chi connectivity index (χ1) is 12.2. The number of rotatable bonds is 3. The molecule has 0 aromatic heterocycles. The van der Waals surface area contributed by atoms with Gasteiger partial charge in [-0.05, 0) is 54.7 Å². The quantitative estimate of drug-likeness (QED) is 0.728. The van der Waals surface area contributed by atoms with Crippen LogP contribution < -0.4 is 0 Å². The lowest BCUT2D eigenvalue weighted by Gasteiger charge is -2.32. The predicted octanol–water partition coefficient (Wildman–Crippen LogP) is 4.93. The van der Waals surface area contributed by atoms with Gasteiger partial charge in [0, 0.05) is 18.1 Å². The third-order valence-corrected chi connectivity index (χ3v) is 6.78. The molecule has 0 N–H and O–H groups in total. The van der Waals surface area contributed by atoms with E-state index in [1.165, 1.54) is 40.7 Å². The highest BCUT2D eigenvalue weighted by molar-refractivity contribution is 7.89. The predicted molar refractivity (Wildman–Crippen MR) is 93.6 cm³/mol. The van der Waals surface area contributed by atoms with E-state index in [-0.39, 0.29) is 29.5 Å². The molecule has 0 unspecified atom stereocenters. The monoisotopic (exact) mass is 403 g/mol. The van der Waals surface area contributed by atoms with E-state index in [1.54, 1.807) is 6.07 Å². The molecule has 0 atom stereocenters. The smallest absolute Gasteiger partial charge is 0.207 e. The first-order valence-corrected chi connectivity index (χ1v) is 9.93. The zero-order chi connectivity index (χ0) is 18.9. The minimum absolute atomic E-state index is 0.135. The molecule has 1 fully saturated rings. The summed E-state index contributed by atoms with van der Waals surface area (Å²) in [6.07, 6.45) is -3.72. The van der Waals surface area contributed by atoms with Crippen molar-refractivity contribution in [1.29, 1.82) is 0 Å². The normalized spacial score (nSPS) is 17.4. The molecule has 140 valence electrons. The van der Waals surface area contributed by atoms with Crippen LogP contribution in [-0.4, -0.2) is 25.8 Å². The molecule has 0 saturated carbocycles. The minimum Gasteiger partial charge on any atom is -0.207 e. The molecule has 3 rings (SSSR count). The first-order valence-electron chi connectivity index (χ1n) is 8.11. The Bertz CT molecular complexity index is 874.